The number of aromatic carboxylic acids is 1. The highest BCUT2D eigenvalue weighted by Gasteiger charge is 2.33. The van der Waals surface area contributed by atoms with E-state index in [2.05, 4.69) is 84.3 Å². The number of carboxylic acid groups (broad SMARTS) is 1. The van der Waals surface area contributed by atoms with Crippen LogP contribution >= 0.6 is 0 Å². The maximum absolute atomic E-state index is 13.2. The van der Waals surface area contributed by atoms with Gasteiger partial charge in [-0.3, -0.25) is 0 Å². The molecule has 3 N–H and O–H groups in total. The van der Waals surface area contributed by atoms with Gasteiger partial charge >= 0.3 is 12.0 Å². The number of piperidine rings is 1. The van der Waals surface area contributed by atoms with Crippen molar-refractivity contribution in [2.24, 2.45) is 5.92 Å². The van der Waals surface area contributed by atoms with Crippen molar-refractivity contribution < 1.29 is 14.7 Å². The number of benzene rings is 4. The molecular weight excluding hydrogens is 474 g/mol. The van der Waals surface area contributed by atoms with Crippen molar-refractivity contribution in [2.75, 3.05) is 25.0 Å². The van der Waals surface area contributed by atoms with Gasteiger partial charge in [-0.2, -0.15) is 0 Å². The monoisotopic (exact) mass is 507 g/mol. The van der Waals surface area contributed by atoms with Crippen molar-refractivity contribution in [1.82, 2.24) is 10.2 Å². The molecule has 2 unspecified atom stereocenters. The zero-order valence-corrected chi connectivity index (χ0v) is 21.5. The molecule has 38 heavy (non-hydrogen) atoms. The summed E-state index contributed by atoms with van der Waals surface area (Å²) in [4.78, 5) is 26.7. The normalized spacial score (nSPS) is 18.2. The van der Waals surface area contributed by atoms with Crippen molar-refractivity contribution in [3.8, 4) is 0 Å². The number of hydrogen-bond donors (Lipinski definition) is 3. The topological polar surface area (TPSA) is 81.7 Å². The van der Waals surface area contributed by atoms with E-state index in [-0.39, 0.29) is 23.6 Å². The van der Waals surface area contributed by atoms with Gasteiger partial charge in [-0.25, -0.2) is 9.59 Å². The van der Waals surface area contributed by atoms with Crippen LogP contribution in [0.1, 0.15) is 46.8 Å². The highest BCUT2D eigenvalue weighted by atomic mass is 16.4. The number of urea groups is 1. The second kappa shape index (κ2) is 11.5. The van der Waals surface area contributed by atoms with Crippen LogP contribution in [0.5, 0.6) is 0 Å². The van der Waals surface area contributed by atoms with Gasteiger partial charge in [0.05, 0.1) is 11.3 Å². The minimum absolute atomic E-state index is 0.0853. The Hall–Kier alpha value is -4.16. The molecule has 0 aliphatic carbocycles. The van der Waals surface area contributed by atoms with E-state index < -0.39 is 5.97 Å². The zero-order chi connectivity index (χ0) is 26.5. The van der Waals surface area contributed by atoms with Crippen LogP contribution in [-0.2, 0) is 0 Å². The zero-order valence-electron chi connectivity index (χ0n) is 21.5. The predicted octanol–water partition coefficient (Wildman–Crippen LogP) is 6.53. The molecule has 0 aromatic heterocycles. The quantitative estimate of drug-likeness (QED) is 0.266. The molecule has 0 saturated carbocycles. The molecule has 4 aromatic rings. The van der Waals surface area contributed by atoms with E-state index in [1.165, 1.54) is 28.0 Å². The van der Waals surface area contributed by atoms with Crippen molar-refractivity contribution in [2.45, 2.75) is 25.3 Å². The molecule has 0 bridgehead atoms. The molecule has 1 aliphatic heterocycles. The number of carboxylic acids is 1. The summed E-state index contributed by atoms with van der Waals surface area (Å²) in [6.45, 7) is 4.13. The number of amides is 2. The molecule has 1 fully saturated rings. The minimum Gasteiger partial charge on any atom is -0.478 e. The lowest BCUT2D eigenvalue weighted by Crippen LogP contribution is -2.48. The third-order valence-corrected chi connectivity index (χ3v) is 7.62. The Morgan fingerprint density at radius 3 is 2.45 bits per heavy atom. The smallest absolute Gasteiger partial charge is 0.337 e. The Bertz CT molecular complexity index is 1420. The molecule has 1 heterocycles. The fourth-order valence-corrected chi connectivity index (χ4v) is 5.60. The van der Waals surface area contributed by atoms with Crippen molar-refractivity contribution >= 4 is 28.5 Å². The molecule has 1 saturated heterocycles. The first-order valence-electron chi connectivity index (χ1n) is 13.2. The first-order chi connectivity index (χ1) is 18.5. The fraction of sp³-hybridized carbons (Fsp3) is 0.250. The molecule has 4 aromatic carbocycles. The lowest BCUT2D eigenvalue weighted by Gasteiger charge is -2.39. The van der Waals surface area contributed by atoms with Crippen LogP contribution in [0.2, 0.25) is 0 Å². The first-order valence-corrected chi connectivity index (χ1v) is 13.2. The molecule has 194 valence electrons. The Balaban J connectivity index is 1.33. The standard InChI is InChI=1S/C32H33N3O3/c1-22(26-16-9-13-24-12-5-6-14-28(24)26)33-20-25-21-35(19-18-27(25)23-10-3-2-4-11-23)32(38)34-30-17-8-7-15-29(30)31(36)37/h2-17,22,25,27,33H,18-21H2,1H3,(H,34,38)(H,36,37)/t22-,25?,27?/m1/s1. The van der Waals surface area contributed by atoms with Crippen LogP contribution in [0.25, 0.3) is 10.8 Å². The Morgan fingerprint density at radius 1 is 0.921 bits per heavy atom. The number of rotatable bonds is 7. The number of para-hydroxylation sites is 1. The number of anilines is 1. The lowest BCUT2D eigenvalue weighted by atomic mass is 9.80. The van der Waals surface area contributed by atoms with Gasteiger partial charge in [-0.1, -0.05) is 84.9 Å². The predicted molar refractivity (Wildman–Crippen MR) is 152 cm³/mol. The van der Waals surface area contributed by atoms with Crippen molar-refractivity contribution in [3.05, 3.63) is 114 Å². The summed E-state index contributed by atoms with van der Waals surface area (Å²) < 4.78 is 0. The van der Waals surface area contributed by atoms with Crippen LogP contribution in [-0.4, -0.2) is 41.6 Å². The second-order valence-corrected chi connectivity index (χ2v) is 9.99. The van der Waals surface area contributed by atoms with Gasteiger partial charge in [0.2, 0.25) is 0 Å². The van der Waals surface area contributed by atoms with E-state index in [1.54, 1.807) is 18.2 Å². The number of carbonyl (C=O) groups is 2. The van der Waals surface area contributed by atoms with E-state index in [4.69, 9.17) is 0 Å². The van der Waals surface area contributed by atoms with Gasteiger partial charge in [0, 0.05) is 25.7 Å². The van der Waals surface area contributed by atoms with Crippen LogP contribution in [0.3, 0.4) is 0 Å². The molecule has 2 amide bonds. The van der Waals surface area contributed by atoms with Gasteiger partial charge in [0.15, 0.2) is 0 Å². The average Bonchev–Trinajstić information content (AvgIpc) is 2.96. The van der Waals surface area contributed by atoms with Crippen LogP contribution in [0.4, 0.5) is 10.5 Å². The molecule has 0 radical (unpaired) electrons. The Morgan fingerprint density at radius 2 is 1.63 bits per heavy atom. The number of nitrogens with one attached hydrogen (secondary N) is 2. The number of likely N-dealkylation sites (tertiary alicyclic amines) is 1. The van der Waals surface area contributed by atoms with Crippen molar-refractivity contribution in [1.29, 1.82) is 0 Å². The van der Waals surface area contributed by atoms with Gasteiger partial charge in [0.1, 0.15) is 0 Å². The molecular formula is C32H33N3O3. The molecule has 5 rings (SSSR count). The van der Waals surface area contributed by atoms with Crippen molar-refractivity contribution in [3.63, 3.8) is 0 Å². The Kier molecular flexibility index (Phi) is 7.70. The average molecular weight is 508 g/mol. The molecule has 3 atom stereocenters. The summed E-state index contributed by atoms with van der Waals surface area (Å²) in [5, 5.41) is 18.6. The van der Waals surface area contributed by atoms with E-state index in [0.717, 1.165) is 13.0 Å². The van der Waals surface area contributed by atoms with Gasteiger partial charge in [-0.05, 0) is 59.2 Å². The maximum atomic E-state index is 13.2. The fourth-order valence-electron chi connectivity index (χ4n) is 5.60. The largest absolute Gasteiger partial charge is 0.478 e. The third-order valence-electron chi connectivity index (χ3n) is 7.62. The number of hydrogen-bond acceptors (Lipinski definition) is 3. The first kappa shape index (κ1) is 25.5. The lowest BCUT2D eigenvalue weighted by molar-refractivity contribution is 0.0698. The number of carbonyl (C=O) groups excluding carboxylic acids is 1. The third kappa shape index (κ3) is 5.55. The van der Waals surface area contributed by atoms with Gasteiger partial charge < -0.3 is 20.6 Å². The molecule has 1 aliphatic rings. The van der Waals surface area contributed by atoms with Gasteiger partial charge in [0.25, 0.3) is 0 Å². The number of fused-ring (bicyclic) bond motifs is 1. The summed E-state index contributed by atoms with van der Waals surface area (Å²) in [5.74, 6) is -0.545. The summed E-state index contributed by atoms with van der Waals surface area (Å²) in [7, 11) is 0. The minimum atomic E-state index is -1.06. The van der Waals surface area contributed by atoms with E-state index in [0.29, 0.717) is 24.7 Å². The van der Waals surface area contributed by atoms with Crippen LogP contribution in [0, 0.1) is 5.92 Å². The van der Waals surface area contributed by atoms with Crippen LogP contribution < -0.4 is 10.6 Å². The molecule has 6 heteroatoms. The molecule has 0 spiro atoms. The summed E-state index contributed by atoms with van der Waals surface area (Å²) in [5.41, 5.74) is 2.94. The van der Waals surface area contributed by atoms with Crippen LogP contribution in [0.15, 0.2) is 97.1 Å². The maximum Gasteiger partial charge on any atom is 0.337 e. The van der Waals surface area contributed by atoms with E-state index >= 15 is 0 Å². The highest BCUT2D eigenvalue weighted by molar-refractivity contribution is 6.00. The Labute approximate surface area is 223 Å². The summed E-state index contributed by atoms with van der Waals surface area (Å²) in [6.07, 6.45) is 0.840. The van der Waals surface area contributed by atoms with E-state index in [9.17, 15) is 14.7 Å². The van der Waals surface area contributed by atoms with Gasteiger partial charge in [-0.15, -0.1) is 0 Å². The number of nitrogens with zero attached hydrogens (tertiary/aromatic N) is 1. The van der Waals surface area contributed by atoms with E-state index in [1.807, 2.05) is 11.0 Å². The molecule has 6 nitrogen and oxygen atoms in total. The highest BCUT2D eigenvalue weighted by Crippen LogP contribution is 2.34. The summed E-state index contributed by atoms with van der Waals surface area (Å²) >= 11 is 0. The second-order valence-electron chi connectivity index (χ2n) is 9.99. The summed E-state index contributed by atoms with van der Waals surface area (Å²) in [6, 6.07) is 31.7. The SMILES string of the molecule is C[C@@H](NCC1CN(C(=O)Nc2ccccc2C(=O)O)CCC1c1ccccc1)c1cccc2ccccc12.